The second-order valence-corrected chi connectivity index (χ2v) is 7.22. The summed E-state index contributed by atoms with van der Waals surface area (Å²) in [6.07, 6.45) is 6.34. The van der Waals surface area contributed by atoms with E-state index in [-0.39, 0.29) is 5.91 Å². The van der Waals surface area contributed by atoms with Gasteiger partial charge in [0.25, 0.3) is 0 Å². The van der Waals surface area contributed by atoms with Crippen molar-refractivity contribution in [3.8, 4) is 0 Å². The van der Waals surface area contributed by atoms with E-state index in [1.54, 1.807) is 17.1 Å². The van der Waals surface area contributed by atoms with Crippen molar-refractivity contribution in [2.45, 2.75) is 26.3 Å². The molecule has 1 amide bonds. The maximum atomic E-state index is 11.4. The molecule has 1 N–H and O–H groups in total. The molecule has 0 aliphatic carbocycles. The number of anilines is 1. The van der Waals surface area contributed by atoms with Gasteiger partial charge in [-0.2, -0.15) is 5.10 Å². The highest BCUT2D eigenvalue weighted by Crippen LogP contribution is 2.21. The van der Waals surface area contributed by atoms with Crippen LogP contribution in [0.25, 0.3) is 0 Å². The van der Waals surface area contributed by atoms with Crippen LogP contribution in [0.15, 0.2) is 12.4 Å². The van der Waals surface area contributed by atoms with Crippen molar-refractivity contribution in [3.05, 3.63) is 12.4 Å². The Kier molecular flexibility index (Phi) is 4.44. The van der Waals surface area contributed by atoms with E-state index in [1.807, 2.05) is 0 Å². The van der Waals surface area contributed by atoms with Crippen molar-refractivity contribution in [3.63, 3.8) is 0 Å². The smallest absolute Gasteiger partial charge is 0.221 e. The molecule has 20 heavy (non-hydrogen) atoms. The molecule has 112 valence electrons. The molecule has 0 saturated carbocycles. The van der Waals surface area contributed by atoms with Gasteiger partial charge in [0.15, 0.2) is 0 Å². The van der Waals surface area contributed by atoms with Crippen LogP contribution in [0.1, 0.15) is 19.8 Å². The minimum absolute atomic E-state index is 0.119. The van der Waals surface area contributed by atoms with Crippen molar-refractivity contribution >= 4 is 21.6 Å². The highest BCUT2D eigenvalue weighted by Gasteiger charge is 2.25. The molecule has 1 aliphatic heterocycles. The summed E-state index contributed by atoms with van der Waals surface area (Å²) in [6.45, 7) is 3.35. The van der Waals surface area contributed by atoms with Gasteiger partial charge >= 0.3 is 0 Å². The Hall–Kier alpha value is -1.41. The van der Waals surface area contributed by atoms with Gasteiger partial charge in [0, 0.05) is 32.8 Å². The molecule has 0 atom stereocenters. The van der Waals surface area contributed by atoms with E-state index in [2.05, 4.69) is 10.4 Å². The molecule has 2 heterocycles. The van der Waals surface area contributed by atoms with Gasteiger partial charge in [-0.25, -0.2) is 12.7 Å². The van der Waals surface area contributed by atoms with Crippen LogP contribution >= 0.6 is 0 Å². The molecule has 0 radical (unpaired) electrons. The maximum Gasteiger partial charge on any atom is 0.221 e. The molecule has 8 heteroatoms. The zero-order chi connectivity index (χ0) is 14.8. The second kappa shape index (κ2) is 5.92. The molecule has 0 bridgehead atoms. The van der Waals surface area contributed by atoms with Crippen molar-refractivity contribution in [2.75, 3.05) is 24.7 Å². The van der Waals surface area contributed by atoms with Gasteiger partial charge in [0.05, 0.1) is 18.1 Å². The van der Waals surface area contributed by atoms with Crippen LogP contribution in [-0.4, -0.2) is 47.8 Å². The summed E-state index contributed by atoms with van der Waals surface area (Å²) in [5, 5.41) is 6.88. The number of aromatic nitrogens is 2. The fourth-order valence-corrected chi connectivity index (χ4v) is 3.29. The van der Waals surface area contributed by atoms with Crippen LogP contribution in [0.5, 0.6) is 0 Å². The molecule has 1 saturated heterocycles. The minimum atomic E-state index is -3.07. The molecule has 0 spiro atoms. The quantitative estimate of drug-likeness (QED) is 0.878. The van der Waals surface area contributed by atoms with Gasteiger partial charge in [-0.15, -0.1) is 0 Å². The van der Waals surface area contributed by atoms with Gasteiger partial charge in [0.1, 0.15) is 0 Å². The standard InChI is InChI=1S/C12H20N4O3S/c1-10(17)14-12-7-13-15(9-12)8-11-3-5-16(6-4-11)20(2,18)19/h7,9,11H,3-6,8H2,1-2H3,(H,14,17). The number of sulfonamides is 1. The van der Waals surface area contributed by atoms with Crippen LogP contribution in [0.4, 0.5) is 5.69 Å². The third kappa shape index (κ3) is 4.04. The first kappa shape index (κ1) is 15.0. The fourth-order valence-electron chi connectivity index (χ4n) is 2.42. The predicted octanol–water partition coefficient (Wildman–Crippen LogP) is 0.513. The second-order valence-electron chi connectivity index (χ2n) is 5.24. The lowest BCUT2D eigenvalue weighted by Crippen LogP contribution is -2.38. The Labute approximate surface area is 119 Å². The zero-order valence-electron chi connectivity index (χ0n) is 11.7. The number of hydrogen-bond acceptors (Lipinski definition) is 4. The predicted molar refractivity (Wildman–Crippen MR) is 75.7 cm³/mol. The normalized spacial score (nSPS) is 18.1. The van der Waals surface area contributed by atoms with Crippen molar-refractivity contribution in [2.24, 2.45) is 5.92 Å². The summed E-state index contributed by atoms with van der Waals surface area (Å²) in [6, 6.07) is 0. The number of hydrogen-bond donors (Lipinski definition) is 1. The average Bonchev–Trinajstić information content (AvgIpc) is 2.75. The third-order valence-electron chi connectivity index (χ3n) is 3.44. The van der Waals surface area contributed by atoms with E-state index < -0.39 is 10.0 Å². The van der Waals surface area contributed by atoms with Gasteiger partial charge in [-0.1, -0.05) is 0 Å². The Morgan fingerprint density at radius 2 is 2.10 bits per heavy atom. The average molecular weight is 300 g/mol. The van der Waals surface area contributed by atoms with E-state index >= 15 is 0 Å². The summed E-state index contributed by atoms with van der Waals surface area (Å²) in [7, 11) is -3.07. The third-order valence-corrected chi connectivity index (χ3v) is 4.74. The van der Waals surface area contributed by atoms with E-state index in [1.165, 1.54) is 17.5 Å². The van der Waals surface area contributed by atoms with Crippen LogP contribution in [-0.2, 0) is 21.4 Å². The van der Waals surface area contributed by atoms with Crippen LogP contribution < -0.4 is 5.32 Å². The fraction of sp³-hybridized carbons (Fsp3) is 0.667. The molecule has 2 rings (SSSR count). The summed E-state index contributed by atoms with van der Waals surface area (Å²) >= 11 is 0. The molecular weight excluding hydrogens is 280 g/mol. The molecule has 7 nitrogen and oxygen atoms in total. The zero-order valence-corrected chi connectivity index (χ0v) is 12.6. The number of carbonyl (C=O) groups is 1. The summed E-state index contributed by atoms with van der Waals surface area (Å²) < 4.78 is 26.2. The summed E-state index contributed by atoms with van der Waals surface area (Å²) in [4.78, 5) is 10.9. The van der Waals surface area contributed by atoms with Gasteiger partial charge in [0.2, 0.25) is 15.9 Å². The van der Waals surface area contributed by atoms with Crippen molar-refractivity contribution < 1.29 is 13.2 Å². The molecular formula is C12H20N4O3S. The molecule has 1 fully saturated rings. The van der Waals surface area contributed by atoms with E-state index in [9.17, 15) is 13.2 Å². The molecule has 0 aromatic carbocycles. The number of carbonyl (C=O) groups excluding carboxylic acids is 1. The largest absolute Gasteiger partial charge is 0.324 e. The SMILES string of the molecule is CC(=O)Nc1cnn(CC2CCN(S(C)(=O)=O)CC2)c1. The minimum Gasteiger partial charge on any atom is -0.324 e. The first-order valence-corrected chi connectivity index (χ1v) is 8.44. The lowest BCUT2D eigenvalue weighted by atomic mass is 9.98. The Balaban J connectivity index is 1.86. The monoisotopic (exact) mass is 300 g/mol. The summed E-state index contributed by atoms with van der Waals surface area (Å²) in [5.74, 6) is 0.295. The van der Waals surface area contributed by atoms with E-state index in [0.29, 0.717) is 24.7 Å². The van der Waals surface area contributed by atoms with Crippen molar-refractivity contribution in [1.82, 2.24) is 14.1 Å². The number of nitrogens with zero attached hydrogens (tertiary/aromatic N) is 3. The lowest BCUT2D eigenvalue weighted by molar-refractivity contribution is -0.114. The highest BCUT2D eigenvalue weighted by molar-refractivity contribution is 7.88. The number of piperidine rings is 1. The van der Waals surface area contributed by atoms with Crippen LogP contribution in [0.2, 0.25) is 0 Å². The molecule has 1 aromatic heterocycles. The first-order chi connectivity index (χ1) is 9.34. The highest BCUT2D eigenvalue weighted by atomic mass is 32.2. The topological polar surface area (TPSA) is 84.3 Å². The van der Waals surface area contributed by atoms with Gasteiger partial charge < -0.3 is 5.32 Å². The van der Waals surface area contributed by atoms with Crippen molar-refractivity contribution in [1.29, 1.82) is 0 Å². The van der Waals surface area contributed by atoms with Gasteiger partial charge in [-0.05, 0) is 18.8 Å². The van der Waals surface area contributed by atoms with Gasteiger partial charge in [-0.3, -0.25) is 9.48 Å². The molecule has 0 unspecified atom stereocenters. The number of amides is 1. The van der Waals surface area contributed by atoms with E-state index in [4.69, 9.17) is 0 Å². The van der Waals surface area contributed by atoms with E-state index in [0.717, 1.165) is 19.4 Å². The first-order valence-electron chi connectivity index (χ1n) is 6.60. The van der Waals surface area contributed by atoms with Crippen LogP contribution in [0, 0.1) is 5.92 Å². The Morgan fingerprint density at radius 1 is 1.45 bits per heavy atom. The Morgan fingerprint density at radius 3 is 2.65 bits per heavy atom. The number of nitrogens with one attached hydrogen (secondary N) is 1. The molecule has 1 aliphatic rings. The summed E-state index contributed by atoms with van der Waals surface area (Å²) in [5.41, 5.74) is 0.686. The van der Waals surface area contributed by atoms with Crippen LogP contribution in [0.3, 0.4) is 0 Å². The molecule has 1 aromatic rings. The maximum absolute atomic E-state index is 11.4. The lowest BCUT2D eigenvalue weighted by Gasteiger charge is -2.30. The number of rotatable bonds is 4. The Bertz CT molecular complexity index is 573.